The number of hydrogen-bond donors (Lipinski definition) is 10. The molecule has 0 rings (SSSR count). The minimum absolute atomic E-state index is 0.172. The molecular formula is C23H46N8O7. The lowest BCUT2D eigenvalue weighted by atomic mass is 10.0. The van der Waals surface area contributed by atoms with Gasteiger partial charge in [-0.2, -0.15) is 0 Å². The number of aliphatic carboxylic acids is 1. The van der Waals surface area contributed by atoms with Gasteiger partial charge in [0.1, 0.15) is 24.2 Å². The van der Waals surface area contributed by atoms with Crippen LogP contribution in [0.15, 0.2) is 0 Å². The summed E-state index contributed by atoms with van der Waals surface area (Å²) in [7, 11) is 0. The first-order valence-electron chi connectivity index (χ1n) is 13.0. The van der Waals surface area contributed by atoms with Crippen LogP contribution in [0.4, 0.5) is 0 Å². The van der Waals surface area contributed by atoms with Gasteiger partial charge in [0.15, 0.2) is 0 Å². The van der Waals surface area contributed by atoms with E-state index >= 15 is 0 Å². The largest absolute Gasteiger partial charge is 0.480 e. The molecule has 0 aromatic heterocycles. The summed E-state index contributed by atoms with van der Waals surface area (Å²) in [4.78, 5) is 62.0. The molecule has 0 spiro atoms. The Morgan fingerprint density at radius 1 is 0.553 bits per heavy atom. The minimum atomic E-state index is -1.33. The maximum Gasteiger partial charge on any atom is 0.326 e. The van der Waals surface area contributed by atoms with Gasteiger partial charge in [0.25, 0.3) is 0 Å². The monoisotopic (exact) mass is 546 g/mol. The number of unbranched alkanes of at least 4 members (excludes halogenated alkanes) is 3. The first-order chi connectivity index (χ1) is 18.1. The van der Waals surface area contributed by atoms with Crippen molar-refractivity contribution in [2.24, 2.45) is 22.9 Å². The van der Waals surface area contributed by atoms with Crippen molar-refractivity contribution in [1.82, 2.24) is 21.3 Å². The molecule has 14 N–H and O–H groups in total. The van der Waals surface area contributed by atoms with E-state index in [-0.39, 0.29) is 19.3 Å². The third kappa shape index (κ3) is 14.8. The average molecular weight is 547 g/mol. The van der Waals surface area contributed by atoms with Gasteiger partial charge >= 0.3 is 5.97 Å². The highest BCUT2D eigenvalue weighted by Gasteiger charge is 2.30. The van der Waals surface area contributed by atoms with Crippen LogP contribution in [0.1, 0.15) is 57.8 Å². The van der Waals surface area contributed by atoms with Gasteiger partial charge in [-0.25, -0.2) is 4.79 Å². The topological polar surface area (TPSA) is 278 Å². The molecular weight excluding hydrogens is 500 g/mol. The molecule has 0 fully saturated rings. The van der Waals surface area contributed by atoms with Crippen LogP contribution in [0.2, 0.25) is 0 Å². The van der Waals surface area contributed by atoms with E-state index in [9.17, 15) is 34.2 Å². The Bertz CT molecular complexity index is 741. The lowest BCUT2D eigenvalue weighted by molar-refractivity contribution is -0.142. The highest BCUT2D eigenvalue weighted by atomic mass is 16.4. The number of amides is 4. The molecule has 0 aromatic carbocycles. The molecule has 0 radical (unpaired) electrons. The Morgan fingerprint density at radius 2 is 0.921 bits per heavy atom. The summed E-state index contributed by atoms with van der Waals surface area (Å²) in [5.74, 6) is -4.04. The Balaban J connectivity index is 5.61. The van der Waals surface area contributed by atoms with Gasteiger partial charge < -0.3 is 54.4 Å². The SMILES string of the molecule is NCCCC[C@H](NC(=O)[C@H](CCCCN)NC(=O)[C@H](CCCCN)NC(=O)[C@H](CO)NC(=O)CN)C(=O)O. The molecule has 0 aliphatic heterocycles. The third-order valence-electron chi connectivity index (χ3n) is 5.74. The molecule has 0 aromatic rings. The van der Waals surface area contributed by atoms with Crippen molar-refractivity contribution in [1.29, 1.82) is 0 Å². The van der Waals surface area contributed by atoms with Crippen molar-refractivity contribution in [2.75, 3.05) is 32.8 Å². The number of rotatable bonds is 22. The van der Waals surface area contributed by atoms with Gasteiger partial charge in [0, 0.05) is 0 Å². The normalized spacial score (nSPS) is 14.0. The van der Waals surface area contributed by atoms with Crippen LogP contribution >= 0.6 is 0 Å². The molecule has 0 saturated heterocycles. The van der Waals surface area contributed by atoms with E-state index in [2.05, 4.69) is 21.3 Å². The number of carbonyl (C=O) groups is 5. The molecule has 15 heteroatoms. The molecule has 38 heavy (non-hydrogen) atoms. The molecule has 220 valence electrons. The summed E-state index contributed by atoms with van der Waals surface area (Å²) in [5.41, 5.74) is 21.8. The second kappa shape index (κ2) is 21.1. The fourth-order valence-electron chi connectivity index (χ4n) is 3.54. The molecule has 4 atom stereocenters. The van der Waals surface area contributed by atoms with Gasteiger partial charge in [-0.15, -0.1) is 0 Å². The van der Waals surface area contributed by atoms with Gasteiger partial charge in [0.05, 0.1) is 13.2 Å². The van der Waals surface area contributed by atoms with Crippen LogP contribution in [0.25, 0.3) is 0 Å². The van der Waals surface area contributed by atoms with Crippen molar-refractivity contribution in [3.05, 3.63) is 0 Å². The van der Waals surface area contributed by atoms with Crippen LogP contribution < -0.4 is 44.2 Å². The number of aliphatic hydroxyl groups excluding tert-OH is 1. The Hall–Kier alpha value is -2.85. The Labute approximate surface area is 223 Å². The predicted molar refractivity (Wildman–Crippen MR) is 140 cm³/mol. The smallest absolute Gasteiger partial charge is 0.326 e. The number of carbonyl (C=O) groups excluding carboxylic acids is 4. The van der Waals surface area contributed by atoms with Gasteiger partial charge in [-0.3, -0.25) is 19.2 Å². The zero-order valence-electron chi connectivity index (χ0n) is 22.0. The van der Waals surface area contributed by atoms with E-state index in [4.69, 9.17) is 22.9 Å². The van der Waals surface area contributed by atoms with Crippen molar-refractivity contribution in [2.45, 2.75) is 82.0 Å². The molecule has 0 saturated carbocycles. The lowest BCUT2D eigenvalue weighted by Gasteiger charge is -2.26. The second-order valence-corrected chi connectivity index (χ2v) is 8.88. The first kappa shape index (κ1) is 35.2. The summed E-state index contributed by atoms with van der Waals surface area (Å²) in [5, 5.41) is 28.8. The number of nitrogens with one attached hydrogen (secondary N) is 4. The minimum Gasteiger partial charge on any atom is -0.480 e. The maximum atomic E-state index is 13.2. The highest BCUT2D eigenvalue weighted by Crippen LogP contribution is 2.08. The van der Waals surface area contributed by atoms with Gasteiger partial charge in [0.2, 0.25) is 23.6 Å². The second-order valence-electron chi connectivity index (χ2n) is 8.88. The molecule has 0 aliphatic carbocycles. The van der Waals surface area contributed by atoms with Crippen molar-refractivity contribution >= 4 is 29.6 Å². The van der Waals surface area contributed by atoms with Crippen LogP contribution in [-0.4, -0.2) is 96.8 Å². The van der Waals surface area contributed by atoms with E-state index in [1.54, 1.807) is 0 Å². The van der Waals surface area contributed by atoms with Crippen LogP contribution in [0.3, 0.4) is 0 Å². The van der Waals surface area contributed by atoms with E-state index in [0.29, 0.717) is 58.2 Å². The highest BCUT2D eigenvalue weighted by molar-refractivity contribution is 5.95. The molecule has 0 heterocycles. The predicted octanol–water partition coefficient (Wildman–Crippen LogP) is -3.65. The number of carboxylic acids is 1. The quantitative estimate of drug-likeness (QED) is 0.0591. The summed E-state index contributed by atoms with van der Waals surface area (Å²) in [6.07, 6.45) is 3.74. The fraction of sp³-hybridized carbons (Fsp3) is 0.783. The van der Waals surface area contributed by atoms with Crippen LogP contribution in [0.5, 0.6) is 0 Å². The van der Waals surface area contributed by atoms with E-state index in [1.165, 1.54) is 0 Å². The van der Waals surface area contributed by atoms with Crippen LogP contribution in [0, 0.1) is 0 Å². The Kier molecular flexibility index (Phi) is 19.5. The van der Waals surface area contributed by atoms with Crippen molar-refractivity contribution in [3.8, 4) is 0 Å². The molecule has 0 bridgehead atoms. The molecule has 4 amide bonds. The maximum absolute atomic E-state index is 13.2. The Morgan fingerprint density at radius 3 is 1.26 bits per heavy atom. The average Bonchev–Trinajstić information content (AvgIpc) is 2.89. The standard InChI is InChI=1S/C23H46N8O7/c24-10-4-1-7-15(30-22(36)18(14-32)28-19(33)13-27)20(34)29-16(8-2-5-11-25)21(35)31-17(23(37)38)9-3-6-12-26/h15-18,32H,1-14,24-27H2,(H,28,33)(H,29,34)(H,30,36)(H,31,35)(H,37,38)/t15-,16-,17-,18-/m0/s1. The lowest BCUT2D eigenvalue weighted by Crippen LogP contribution is -2.58. The number of aliphatic hydroxyl groups is 1. The summed E-state index contributed by atoms with van der Waals surface area (Å²) < 4.78 is 0. The van der Waals surface area contributed by atoms with E-state index < -0.39 is 66.9 Å². The zero-order chi connectivity index (χ0) is 28.9. The van der Waals surface area contributed by atoms with E-state index in [1.807, 2.05) is 0 Å². The van der Waals surface area contributed by atoms with Crippen molar-refractivity contribution in [3.63, 3.8) is 0 Å². The van der Waals surface area contributed by atoms with Gasteiger partial charge in [-0.1, -0.05) is 0 Å². The fourth-order valence-corrected chi connectivity index (χ4v) is 3.54. The molecule has 0 unspecified atom stereocenters. The summed E-state index contributed by atoms with van der Waals surface area (Å²) >= 11 is 0. The number of hydrogen-bond acceptors (Lipinski definition) is 10. The number of carboxylic acid groups (broad SMARTS) is 1. The summed E-state index contributed by atoms with van der Waals surface area (Å²) in [6.45, 7) is 0.00218. The van der Waals surface area contributed by atoms with Crippen molar-refractivity contribution < 1.29 is 34.2 Å². The summed E-state index contributed by atoms with van der Waals surface area (Å²) in [6, 6.07) is -4.67. The molecule has 15 nitrogen and oxygen atoms in total. The van der Waals surface area contributed by atoms with E-state index in [0.717, 1.165) is 0 Å². The third-order valence-corrected chi connectivity index (χ3v) is 5.74. The van der Waals surface area contributed by atoms with Gasteiger partial charge in [-0.05, 0) is 77.4 Å². The molecule has 0 aliphatic rings. The first-order valence-corrected chi connectivity index (χ1v) is 13.0. The zero-order valence-corrected chi connectivity index (χ0v) is 22.0. The van der Waals surface area contributed by atoms with Crippen LogP contribution in [-0.2, 0) is 24.0 Å². The number of nitrogens with two attached hydrogens (primary N) is 4.